The summed E-state index contributed by atoms with van der Waals surface area (Å²) in [5.74, 6) is 0.680. The molecule has 1 atom stereocenters. The van der Waals surface area contributed by atoms with E-state index in [0.717, 1.165) is 19.4 Å². The molecule has 1 fully saturated rings. The minimum Gasteiger partial charge on any atom is -0.310 e. The van der Waals surface area contributed by atoms with E-state index in [9.17, 15) is 8.42 Å². The van der Waals surface area contributed by atoms with Crippen LogP contribution in [0.2, 0.25) is 0 Å². The van der Waals surface area contributed by atoms with Gasteiger partial charge in [0.25, 0.3) is 0 Å². The molecule has 1 aliphatic heterocycles. The van der Waals surface area contributed by atoms with Gasteiger partial charge in [-0.15, -0.1) is 0 Å². The summed E-state index contributed by atoms with van der Waals surface area (Å²) >= 11 is 0. The van der Waals surface area contributed by atoms with Crippen molar-refractivity contribution in [3.05, 3.63) is 12.2 Å². The molecule has 0 saturated carbocycles. The van der Waals surface area contributed by atoms with Crippen molar-refractivity contribution in [2.24, 2.45) is 0 Å². The maximum Gasteiger partial charge on any atom is 0.151 e. The number of nitrogens with one attached hydrogen (secondary N) is 1. The third kappa shape index (κ3) is 3.91. The molecule has 1 heterocycles. The van der Waals surface area contributed by atoms with Gasteiger partial charge in [0, 0.05) is 12.6 Å². The molecule has 0 aromatic heterocycles. The Morgan fingerprint density at radius 1 is 1.54 bits per heavy atom. The SMILES string of the molecule is C/C=C/CNC1CCCS(=O)(=O)C1. The summed E-state index contributed by atoms with van der Waals surface area (Å²) in [6, 6.07) is 0.162. The Bertz CT molecular complexity index is 269. The van der Waals surface area contributed by atoms with Crippen molar-refractivity contribution < 1.29 is 8.42 Å². The van der Waals surface area contributed by atoms with Gasteiger partial charge < -0.3 is 5.32 Å². The maximum absolute atomic E-state index is 11.2. The van der Waals surface area contributed by atoms with Crippen LogP contribution in [0.15, 0.2) is 12.2 Å². The average Bonchev–Trinajstić information content (AvgIpc) is 2.03. The summed E-state index contributed by atoms with van der Waals surface area (Å²) in [5, 5.41) is 3.21. The van der Waals surface area contributed by atoms with Gasteiger partial charge in [0.05, 0.1) is 11.5 Å². The van der Waals surface area contributed by atoms with Gasteiger partial charge in [-0.25, -0.2) is 8.42 Å². The van der Waals surface area contributed by atoms with Crippen molar-refractivity contribution in [3.8, 4) is 0 Å². The molecule has 0 bridgehead atoms. The zero-order valence-corrected chi connectivity index (χ0v) is 8.81. The van der Waals surface area contributed by atoms with Gasteiger partial charge in [0.1, 0.15) is 0 Å². The van der Waals surface area contributed by atoms with Crippen LogP contribution in [0.3, 0.4) is 0 Å². The van der Waals surface area contributed by atoms with Gasteiger partial charge >= 0.3 is 0 Å². The first-order valence-electron chi connectivity index (χ1n) is 4.69. The molecular formula is C9H17NO2S. The van der Waals surface area contributed by atoms with E-state index in [1.54, 1.807) is 0 Å². The molecule has 3 nitrogen and oxygen atoms in total. The lowest BCUT2D eigenvalue weighted by molar-refractivity contribution is 0.498. The van der Waals surface area contributed by atoms with E-state index in [1.165, 1.54) is 0 Å². The highest BCUT2D eigenvalue weighted by atomic mass is 32.2. The first-order valence-corrected chi connectivity index (χ1v) is 6.51. The Morgan fingerprint density at radius 3 is 2.92 bits per heavy atom. The molecule has 1 N–H and O–H groups in total. The van der Waals surface area contributed by atoms with E-state index in [4.69, 9.17) is 0 Å². The molecular weight excluding hydrogens is 186 g/mol. The topological polar surface area (TPSA) is 46.2 Å². The third-order valence-electron chi connectivity index (χ3n) is 2.22. The molecule has 1 unspecified atom stereocenters. The molecule has 0 spiro atoms. The largest absolute Gasteiger partial charge is 0.310 e. The van der Waals surface area contributed by atoms with Crippen LogP contribution in [0.5, 0.6) is 0 Å². The summed E-state index contributed by atoms with van der Waals surface area (Å²) in [5.41, 5.74) is 0. The third-order valence-corrected chi connectivity index (χ3v) is 4.04. The van der Waals surface area contributed by atoms with Crippen LogP contribution < -0.4 is 5.32 Å². The number of sulfone groups is 1. The number of rotatable bonds is 3. The van der Waals surface area contributed by atoms with Crippen molar-refractivity contribution >= 4 is 9.84 Å². The molecule has 76 valence electrons. The summed E-state index contributed by atoms with van der Waals surface area (Å²) in [7, 11) is -2.76. The highest BCUT2D eigenvalue weighted by Gasteiger charge is 2.23. The van der Waals surface area contributed by atoms with Gasteiger partial charge in [0.15, 0.2) is 9.84 Å². The zero-order valence-electron chi connectivity index (χ0n) is 7.99. The second-order valence-electron chi connectivity index (χ2n) is 3.43. The Kier molecular flexibility index (Phi) is 3.93. The monoisotopic (exact) mass is 203 g/mol. The number of allylic oxidation sites excluding steroid dienone is 1. The van der Waals surface area contributed by atoms with Crippen LogP contribution in [-0.2, 0) is 9.84 Å². The molecule has 0 amide bonds. The molecule has 4 heteroatoms. The second kappa shape index (κ2) is 4.77. The number of hydrogen-bond acceptors (Lipinski definition) is 3. The Morgan fingerprint density at radius 2 is 2.31 bits per heavy atom. The lowest BCUT2D eigenvalue weighted by Gasteiger charge is -2.22. The highest BCUT2D eigenvalue weighted by molar-refractivity contribution is 7.91. The molecule has 1 rings (SSSR count). The van der Waals surface area contributed by atoms with E-state index in [-0.39, 0.29) is 6.04 Å². The van der Waals surface area contributed by atoms with Crippen molar-refractivity contribution in [1.29, 1.82) is 0 Å². The first-order chi connectivity index (χ1) is 6.14. The van der Waals surface area contributed by atoms with Crippen LogP contribution in [-0.4, -0.2) is 32.5 Å². The standard InChI is InChI=1S/C9H17NO2S/c1-2-3-6-10-9-5-4-7-13(11,12)8-9/h2-3,9-10H,4-8H2,1H3/b3-2+. The van der Waals surface area contributed by atoms with Crippen molar-refractivity contribution in [3.63, 3.8) is 0 Å². The normalized spacial score (nSPS) is 27.9. The zero-order chi connectivity index (χ0) is 9.73. The predicted molar refractivity (Wildman–Crippen MR) is 54.5 cm³/mol. The fraction of sp³-hybridized carbons (Fsp3) is 0.778. The Hall–Kier alpha value is -0.350. The lowest BCUT2D eigenvalue weighted by Crippen LogP contribution is -2.40. The van der Waals surface area contributed by atoms with Crippen LogP contribution >= 0.6 is 0 Å². The van der Waals surface area contributed by atoms with E-state index in [1.807, 2.05) is 19.1 Å². The van der Waals surface area contributed by atoms with Gasteiger partial charge in [-0.1, -0.05) is 12.2 Å². The summed E-state index contributed by atoms with van der Waals surface area (Å²) in [6.07, 6.45) is 5.75. The first kappa shape index (κ1) is 10.7. The second-order valence-corrected chi connectivity index (χ2v) is 5.66. The van der Waals surface area contributed by atoms with Gasteiger partial charge in [0.2, 0.25) is 0 Å². The minimum atomic E-state index is -2.76. The van der Waals surface area contributed by atoms with Crippen LogP contribution in [0.25, 0.3) is 0 Å². The number of hydrogen-bond donors (Lipinski definition) is 1. The summed E-state index contributed by atoms with van der Waals surface area (Å²) in [6.45, 7) is 2.73. The van der Waals surface area contributed by atoms with Crippen molar-refractivity contribution in [2.45, 2.75) is 25.8 Å². The molecule has 1 aliphatic rings. The fourth-order valence-electron chi connectivity index (χ4n) is 1.54. The highest BCUT2D eigenvalue weighted by Crippen LogP contribution is 2.11. The van der Waals surface area contributed by atoms with E-state index in [0.29, 0.717) is 11.5 Å². The maximum atomic E-state index is 11.2. The molecule has 0 radical (unpaired) electrons. The van der Waals surface area contributed by atoms with E-state index >= 15 is 0 Å². The summed E-state index contributed by atoms with van der Waals surface area (Å²) < 4.78 is 22.5. The molecule has 0 aliphatic carbocycles. The van der Waals surface area contributed by atoms with Gasteiger partial charge in [-0.2, -0.15) is 0 Å². The van der Waals surface area contributed by atoms with E-state index in [2.05, 4.69) is 5.32 Å². The molecule has 1 saturated heterocycles. The predicted octanol–water partition coefficient (Wildman–Crippen LogP) is 0.729. The molecule has 0 aromatic rings. The summed E-state index contributed by atoms with van der Waals surface area (Å²) in [4.78, 5) is 0. The van der Waals surface area contributed by atoms with Crippen LogP contribution in [0.4, 0.5) is 0 Å². The van der Waals surface area contributed by atoms with Gasteiger partial charge in [-0.05, 0) is 19.8 Å². The quantitative estimate of drug-likeness (QED) is 0.688. The average molecular weight is 203 g/mol. The minimum absolute atomic E-state index is 0.162. The van der Waals surface area contributed by atoms with E-state index < -0.39 is 9.84 Å². The molecule has 0 aromatic carbocycles. The Balaban J connectivity index is 2.35. The van der Waals surface area contributed by atoms with Crippen LogP contribution in [0.1, 0.15) is 19.8 Å². The van der Waals surface area contributed by atoms with Crippen LogP contribution in [0, 0.1) is 0 Å². The Labute approximate surface area is 80.1 Å². The smallest absolute Gasteiger partial charge is 0.151 e. The van der Waals surface area contributed by atoms with Crippen molar-refractivity contribution in [1.82, 2.24) is 5.32 Å². The lowest BCUT2D eigenvalue weighted by atomic mass is 10.2. The fourth-order valence-corrected chi connectivity index (χ4v) is 3.21. The molecule has 13 heavy (non-hydrogen) atoms. The van der Waals surface area contributed by atoms with Gasteiger partial charge in [-0.3, -0.25) is 0 Å². The van der Waals surface area contributed by atoms with Crippen molar-refractivity contribution in [2.75, 3.05) is 18.1 Å².